The lowest BCUT2D eigenvalue weighted by Crippen LogP contribution is -2.33. The van der Waals surface area contributed by atoms with Crippen LogP contribution in [0, 0.1) is 0 Å². The Labute approximate surface area is 151 Å². The molecule has 1 N–H and O–H groups in total. The highest BCUT2D eigenvalue weighted by Gasteiger charge is 2.19. The number of amides is 1. The average molecular weight is 355 g/mol. The van der Waals surface area contributed by atoms with Crippen molar-refractivity contribution in [1.29, 1.82) is 0 Å². The minimum Gasteiger partial charge on any atom is -0.326 e. The Morgan fingerprint density at radius 2 is 2.08 bits per heavy atom. The number of rotatable bonds is 3. The van der Waals surface area contributed by atoms with Crippen LogP contribution >= 0.6 is 11.6 Å². The van der Waals surface area contributed by atoms with E-state index >= 15 is 0 Å². The van der Waals surface area contributed by atoms with Crippen LogP contribution in [0.25, 0.3) is 11.0 Å². The van der Waals surface area contributed by atoms with Crippen molar-refractivity contribution in [3.8, 4) is 0 Å². The van der Waals surface area contributed by atoms with Gasteiger partial charge in [0.2, 0.25) is 0 Å². The molecule has 1 aromatic heterocycles. The number of halogens is 1. The van der Waals surface area contributed by atoms with E-state index in [1.165, 1.54) is 0 Å². The Balaban J connectivity index is 1.62. The second-order valence-corrected chi connectivity index (χ2v) is 6.59. The summed E-state index contributed by atoms with van der Waals surface area (Å²) >= 11 is 6.10. The Morgan fingerprint density at radius 1 is 1.24 bits per heavy atom. The van der Waals surface area contributed by atoms with Gasteiger partial charge >= 0.3 is 0 Å². The van der Waals surface area contributed by atoms with Gasteiger partial charge in [0.1, 0.15) is 5.82 Å². The lowest BCUT2D eigenvalue weighted by atomic mass is 10.2. The van der Waals surface area contributed by atoms with E-state index in [9.17, 15) is 4.79 Å². The topological polar surface area (TPSA) is 50.2 Å². The highest BCUT2D eigenvalue weighted by molar-refractivity contribution is 6.34. The molecule has 2 aromatic carbocycles. The molecule has 0 bridgehead atoms. The van der Waals surface area contributed by atoms with Gasteiger partial charge in [0.15, 0.2) is 0 Å². The molecule has 5 nitrogen and oxygen atoms in total. The number of carbonyl (C=O) groups excluding carboxylic acids is 1. The number of imidazole rings is 1. The van der Waals surface area contributed by atoms with Crippen molar-refractivity contribution in [3.05, 3.63) is 58.9 Å². The van der Waals surface area contributed by atoms with Gasteiger partial charge in [0.05, 0.1) is 28.2 Å². The molecule has 1 amide bonds. The molecule has 0 saturated heterocycles. The lowest BCUT2D eigenvalue weighted by molar-refractivity contribution is 0.102. The minimum absolute atomic E-state index is 0.217. The summed E-state index contributed by atoms with van der Waals surface area (Å²) in [5.74, 6) is 0.865. The number of nitrogens with one attached hydrogen (secondary N) is 1. The van der Waals surface area contributed by atoms with E-state index in [4.69, 9.17) is 16.6 Å². The standard InChI is InChI=1S/C19H19ClN4O/c1-2-23-9-10-24-17-8-7-13(11-16(17)22-18(24)12-23)21-19(25)14-5-3-4-6-15(14)20/h3-8,11H,2,9-10,12H2,1H3,(H,21,25). The van der Waals surface area contributed by atoms with Gasteiger partial charge in [-0.3, -0.25) is 9.69 Å². The fourth-order valence-corrected chi connectivity index (χ4v) is 3.48. The Morgan fingerprint density at radius 3 is 2.88 bits per heavy atom. The van der Waals surface area contributed by atoms with Gasteiger partial charge in [-0.1, -0.05) is 30.7 Å². The highest BCUT2D eigenvalue weighted by atomic mass is 35.5. The number of anilines is 1. The summed E-state index contributed by atoms with van der Waals surface area (Å²) in [5.41, 5.74) is 3.21. The van der Waals surface area contributed by atoms with Crippen LogP contribution in [-0.2, 0) is 13.1 Å². The first-order valence-corrected chi connectivity index (χ1v) is 8.81. The maximum absolute atomic E-state index is 12.4. The third-order valence-corrected chi connectivity index (χ3v) is 4.99. The number of carbonyl (C=O) groups is 1. The highest BCUT2D eigenvalue weighted by Crippen LogP contribution is 2.24. The molecule has 2 heterocycles. The van der Waals surface area contributed by atoms with E-state index in [-0.39, 0.29) is 5.91 Å². The fourth-order valence-electron chi connectivity index (χ4n) is 3.26. The molecule has 0 aliphatic carbocycles. The van der Waals surface area contributed by atoms with Crippen LogP contribution in [-0.4, -0.2) is 33.4 Å². The van der Waals surface area contributed by atoms with Gasteiger partial charge in [-0.25, -0.2) is 4.98 Å². The zero-order chi connectivity index (χ0) is 17.4. The van der Waals surface area contributed by atoms with Gasteiger partial charge in [-0.15, -0.1) is 0 Å². The van der Waals surface area contributed by atoms with Crippen LogP contribution in [0.2, 0.25) is 5.02 Å². The van der Waals surface area contributed by atoms with E-state index in [2.05, 4.69) is 21.7 Å². The summed E-state index contributed by atoms with van der Waals surface area (Å²) in [4.78, 5) is 19.5. The number of hydrogen-bond acceptors (Lipinski definition) is 3. The summed E-state index contributed by atoms with van der Waals surface area (Å²) in [6.07, 6.45) is 0. The average Bonchev–Trinajstić information content (AvgIpc) is 2.98. The summed E-state index contributed by atoms with van der Waals surface area (Å²) in [7, 11) is 0. The molecule has 0 radical (unpaired) electrons. The molecule has 0 fully saturated rings. The molecule has 0 unspecified atom stereocenters. The van der Waals surface area contributed by atoms with Crippen molar-refractivity contribution < 1.29 is 4.79 Å². The first-order chi connectivity index (χ1) is 12.2. The second-order valence-electron chi connectivity index (χ2n) is 6.19. The zero-order valence-electron chi connectivity index (χ0n) is 14.0. The van der Waals surface area contributed by atoms with Crippen LogP contribution in [0.15, 0.2) is 42.5 Å². The molecule has 0 atom stereocenters. The predicted octanol–water partition coefficient (Wildman–Crippen LogP) is 3.78. The monoisotopic (exact) mass is 354 g/mol. The van der Waals surface area contributed by atoms with Crippen LogP contribution < -0.4 is 5.32 Å². The van der Waals surface area contributed by atoms with Crippen LogP contribution in [0.5, 0.6) is 0 Å². The molecule has 6 heteroatoms. The second kappa shape index (κ2) is 6.50. The van der Waals surface area contributed by atoms with Crippen molar-refractivity contribution in [2.45, 2.75) is 20.0 Å². The molecular weight excluding hydrogens is 336 g/mol. The molecule has 128 valence electrons. The molecule has 4 rings (SSSR count). The number of hydrogen-bond donors (Lipinski definition) is 1. The third kappa shape index (κ3) is 3.01. The van der Waals surface area contributed by atoms with E-state index in [1.54, 1.807) is 24.3 Å². The number of likely N-dealkylation sites (N-methyl/N-ethyl adjacent to an activating group) is 1. The molecule has 1 aliphatic heterocycles. The van der Waals surface area contributed by atoms with Gasteiger partial charge in [-0.2, -0.15) is 0 Å². The summed E-state index contributed by atoms with van der Waals surface area (Å²) in [6, 6.07) is 12.9. The smallest absolute Gasteiger partial charge is 0.257 e. The number of benzene rings is 2. The quantitative estimate of drug-likeness (QED) is 0.778. The first-order valence-electron chi connectivity index (χ1n) is 8.43. The largest absolute Gasteiger partial charge is 0.326 e. The van der Waals surface area contributed by atoms with Gasteiger partial charge in [-0.05, 0) is 36.9 Å². The summed E-state index contributed by atoms with van der Waals surface area (Å²) in [5, 5.41) is 3.35. The summed E-state index contributed by atoms with van der Waals surface area (Å²) < 4.78 is 2.27. The molecule has 3 aromatic rings. The fraction of sp³-hybridized carbons (Fsp3) is 0.263. The van der Waals surface area contributed by atoms with Crippen molar-refractivity contribution in [2.75, 3.05) is 18.4 Å². The Hall–Kier alpha value is -2.37. The predicted molar refractivity (Wildman–Crippen MR) is 100 cm³/mol. The van der Waals surface area contributed by atoms with Crippen molar-refractivity contribution in [1.82, 2.24) is 14.5 Å². The maximum Gasteiger partial charge on any atom is 0.257 e. The van der Waals surface area contributed by atoms with Crippen LogP contribution in [0.1, 0.15) is 23.1 Å². The van der Waals surface area contributed by atoms with Gasteiger partial charge in [0, 0.05) is 18.8 Å². The molecule has 25 heavy (non-hydrogen) atoms. The maximum atomic E-state index is 12.4. The van der Waals surface area contributed by atoms with E-state index < -0.39 is 0 Å². The molecule has 0 saturated carbocycles. The molecular formula is C19H19ClN4O. The van der Waals surface area contributed by atoms with Crippen molar-refractivity contribution >= 4 is 34.2 Å². The van der Waals surface area contributed by atoms with E-state index in [0.717, 1.165) is 48.7 Å². The SMILES string of the molecule is CCN1CCn2c(nc3cc(NC(=O)c4ccccc4Cl)ccc32)C1. The van der Waals surface area contributed by atoms with Gasteiger partial charge < -0.3 is 9.88 Å². The zero-order valence-corrected chi connectivity index (χ0v) is 14.8. The van der Waals surface area contributed by atoms with Gasteiger partial charge in [0.25, 0.3) is 5.91 Å². The minimum atomic E-state index is -0.217. The normalized spacial score (nSPS) is 14.5. The Kier molecular flexibility index (Phi) is 4.19. The van der Waals surface area contributed by atoms with E-state index in [1.807, 2.05) is 18.2 Å². The lowest BCUT2D eigenvalue weighted by Gasteiger charge is -2.26. The van der Waals surface area contributed by atoms with Crippen LogP contribution in [0.4, 0.5) is 5.69 Å². The summed E-state index contributed by atoms with van der Waals surface area (Å²) in [6.45, 7) is 6.06. The van der Waals surface area contributed by atoms with Crippen molar-refractivity contribution in [3.63, 3.8) is 0 Å². The number of aromatic nitrogens is 2. The van der Waals surface area contributed by atoms with Crippen LogP contribution in [0.3, 0.4) is 0 Å². The number of nitrogens with zero attached hydrogens (tertiary/aromatic N) is 3. The van der Waals surface area contributed by atoms with Crippen molar-refractivity contribution in [2.24, 2.45) is 0 Å². The number of fused-ring (bicyclic) bond motifs is 3. The molecule has 1 aliphatic rings. The van der Waals surface area contributed by atoms with E-state index in [0.29, 0.717) is 10.6 Å². The third-order valence-electron chi connectivity index (χ3n) is 4.66. The molecule has 0 spiro atoms. The first kappa shape index (κ1) is 16.1. The Bertz CT molecular complexity index is 950.